The van der Waals surface area contributed by atoms with Crippen molar-refractivity contribution < 1.29 is 19.5 Å². The van der Waals surface area contributed by atoms with Crippen molar-refractivity contribution in [3.63, 3.8) is 0 Å². The molecule has 0 bridgehead atoms. The van der Waals surface area contributed by atoms with Gasteiger partial charge in [-0.15, -0.1) is 0 Å². The van der Waals surface area contributed by atoms with Gasteiger partial charge in [-0.3, -0.25) is 15.5 Å². The number of aromatic nitrogens is 1. The number of hydrogen-bond donors (Lipinski definition) is 4. The lowest BCUT2D eigenvalue weighted by Gasteiger charge is -2.08. The average molecular weight is 385 g/mol. The molecule has 1 aromatic heterocycles. The largest absolute Gasteiger partial charge is 0.496 e. The second-order valence-electron chi connectivity index (χ2n) is 5.67. The predicted molar refractivity (Wildman–Crippen MR) is 106 cm³/mol. The number of thiocarbonyl (C=S) groups is 1. The molecule has 3 rings (SSSR count). The van der Waals surface area contributed by atoms with E-state index in [1.54, 1.807) is 37.4 Å². The van der Waals surface area contributed by atoms with Gasteiger partial charge in [0.2, 0.25) is 0 Å². The number of fused-ring (bicyclic) bond motifs is 1. The third-order valence-electron chi connectivity index (χ3n) is 3.96. The number of H-pyrrole nitrogens is 1. The first-order chi connectivity index (χ1) is 13.1. The lowest BCUT2D eigenvalue weighted by atomic mass is 10.2. The smallest absolute Gasteiger partial charge is 0.267 e. The Kier molecular flexibility index (Phi) is 5.90. The molecule has 0 saturated carbocycles. The van der Waals surface area contributed by atoms with Crippen molar-refractivity contribution in [1.82, 2.24) is 15.8 Å². The summed E-state index contributed by atoms with van der Waals surface area (Å²) < 4.78 is 10.9. The molecule has 0 spiro atoms. The van der Waals surface area contributed by atoms with Crippen LogP contribution in [0.25, 0.3) is 10.9 Å². The Morgan fingerprint density at radius 1 is 1.22 bits per heavy atom. The Morgan fingerprint density at radius 3 is 2.70 bits per heavy atom. The van der Waals surface area contributed by atoms with Gasteiger partial charge in [0.1, 0.15) is 28.8 Å². The molecule has 1 heterocycles. The number of rotatable bonds is 7. The molecular formula is C19H19N3O4S. The molecule has 0 fully saturated rings. The molecule has 7 nitrogen and oxygen atoms in total. The van der Waals surface area contributed by atoms with Crippen molar-refractivity contribution in [2.75, 3.05) is 20.3 Å². The topological polar surface area (TPSA) is 95.6 Å². The van der Waals surface area contributed by atoms with Gasteiger partial charge in [-0.25, -0.2) is 0 Å². The fourth-order valence-electron chi connectivity index (χ4n) is 2.62. The monoisotopic (exact) mass is 385 g/mol. The molecule has 140 valence electrons. The number of aromatic amines is 1. The molecule has 0 atom stereocenters. The zero-order valence-corrected chi connectivity index (χ0v) is 15.4. The molecule has 0 aliphatic rings. The molecular weight excluding hydrogens is 366 g/mol. The van der Waals surface area contributed by atoms with Crippen LogP contribution < -0.4 is 20.3 Å². The second kappa shape index (κ2) is 8.52. The molecule has 8 heteroatoms. The van der Waals surface area contributed by atoms with E-state index in [9.17, 15) is 4.79 Å². The maximum absolute atomic E-state index is 12.3. The molecule has 4 N–H and O–H groups in total. The van der Waals surface area contributed by atoms with Gasteiger partial charge in [-0.2, -0.15) is 0 Å². The number of ether oxygens (including phenoxy) is 2. The van der Waals surface area contributed by atoms with Crippen LogP contribution in [0.2, 0.25) is 0 Å². The first-order valence-electron chi connectivity index (χ1n) is 8.23. The standard InChI is InChI=1S/C19H19N3O4S/c1-25-17-4-2-3-15-14(17)11-16(21-15)18(23)20-9-10-26-13-7-5-12(6-8-13)19(27)22-24/h2-8,11,21,24H,9-10H2,1H3,(H,20,23)(H,22,27). The third kappa shape index (κ3) is 4.36. The first-order valence-corrected chi connectivity index (χ1v) is 8.64. The maximum Gasteiger partial charge on any atom is 0.267 e. The SMILES string of the molecule is COc1cccc2[nH]c(C(=O)NCCOc3ccc(C(=S)NO)cc3)cc12. The Labute approximate surface area is 161 Å². The van der Waals surface area contributed by atoms with Gasteiger partial charge < -0.3 is 19.8 Å². The van der Waals surface area contributed by atoms with Crippen molar-refractivity contribution in [3.8, 4) is 11.5 Å². The summed E-state index contributed by atoms with van der Waals surface area (Å²) in [6, 6.07) is 14.3. The Morgan fingerprint density at radius 2 is 2.00 bits per heavy atom. The number of hydrogen-bond acceptors (Lipinski definition) is 5. The zero-order valence-electron chi connectivity index (χ0n) is 14.6. The van der Waals surface area contributed by atoms with E-state index >= 15 is 0 Å². The second-order valence-corrected chi connectivity index (χ2v) is 6.08. The molecule has 1 amide bonds. The Hall–Kier alpha value is -3.10. The average Bonchev–Trinajstić information content (AvgIpc) is 3.15. The highest BCUT2D eigenvalue weighted by atomic mass is 32.1. The Balaban J connectivity index is 1.52. The summed E-state index contributed by atoms with van der Waals surface area (Å²) in [7, 11) is 1.60. The summed E-state index contributed by atoms with van der Waals surface area (Å²) in [4.78, 5) is 15.6. The quantitative estimate of drug-likeness (QED) is 0.284. The summed E-state index contributed by atoms with van der Waals surface area (Å²) in [6.45, 7) is 0.668. The van der Waals surface area contributed by atoms with Crippen molar-refractivity contribution in [3.05, 3.63) is 59.8 Å². The van der Waals surface area contributed by atoms with Gasteiger partial charge in [0.25, 0.3) is 5.91 Å². The van der Waals surface area contributed by atoms with E-state index < -0.39 is 0 Å². The number of amides is 1. The lowest BCUT2D eigenvalue weighted by molar-refractivity contribution is 0.0943. The molecule has 3 aromatic rings. The van der Waals surface area contributed by atoms with Crippen LogP contribution in [0.5, 0.6) is 11.5 Å². The van der Waals surface area contributed by atoms with E-state index in [2.05, 4.69) is 10.3 Å². The summed E-state index contributed by atoms with van der Waals surface area (Å²) >= 11 is 4.93. The third-order valence-corrected chi connectivity index (χ3v) is 4.29. The predicted octanol–water partition coefficient (Wildman–Crippen LogP) is 2.64. The van der Waals surface area contributed by atoms with E-state index in [1.807, 2.05) is 23.7 Å². The highest BCUT2D eigenvalue weighted by Crippen LogP contribution is 2.25. The summed E-state index contributed by atoms with van der Waals surface area (Å²) in [5, 5.41) is 12.4. The molecule has 0 aliphatic heterocycles. The minimum absolute atomic E-state index is 0.216. The summed E-state index contributed by atoms with van der Waals surface area (Å²) in [5.74, 6) is 1.14. The Bertz CT molecular complexity index is 953. The number of hydroxylamine groups is 1. The maximum atomic E-state index is 12.3. The van der Waals surface area contributed by atoms with Gasteiger partial charge in [0.05, 0.1) is 13.7 Å². The van der Waals surface area contributed by atoms with E-state index in [1.165, 1.54) is 0 Å². The van der Waals surface area contributed by atoms with Crippen LogP contribution in [0.1, 0.15) is 16.1 Å². The lowest BCUT2D eigenvalue weighted by Crippen LogP contribution is -2.28. The summed E-state index contributed by atoms with van der Waals surface area (Å²) in [5.41, 5.74) is 3.91. The molecule has 0 saturated heterocycles. The van der Waals surface area contributed by atoms with Crippen LogP contribution in [0.4, 0.5) is 0 Å². The van der Waals surface area contributed by atoms with E-state index in [0.29, 0.717) is 35.9 Å². The van der Waals surface area contributed by atoms with Gasteiger partial charge in [0.15, 0.2) is 0 Å². The van der Waals surface area contributed by atoms with Gasteiger partial charge in [0, 0.05) is 16.5 Å². The van der Waals surface area contributed by atoms with Gasteiger partial charge >= 0.3 is 0 Å². The zero-order chi connectivity index (χ0) is 19.2. The highest BCUT2D eigenvalue weighted by molar-refractivity contribution is 7.80. The van der Waals surface area contributed by atoms with Crippen LogP contribution in [0, 0.1) is 0 Å². The molecule has 0 unspecified atom stereocenters. The number of methoxy groups -OCH3 is 1. The highest BCUT2D eigenvalue weighted by Gasteiger charge is 2.11. The molecule has 0 aliphatic carbocycles. The van der Waals surface area contributed by atoms with Gasteiger partial charge in [-0.05, 0) is 42.5 Å². The van der Waals surface area contributed by atoms with E-state index in [-0.39, 0.29) is 10.9 Å². The first kappa shape index (κ1) is 18.7. The van der Waals surface area contributed by atoms with Crippen LogP contribution in [-0.4, -0.2) is 41.3 Å². The van der Waals surface area contributed by atoms with Crippen LogP contribution in [0.15, 0.2) is 48.5 Å². The molecule has 2 aromatic carbocycles. The number of benzene rings is 2. The molecule has 0 radical (unpaired) electrons. The van der Waals surface area contributed by atoms with Crippen LogP contribution in [-0.2, 0) is 0 Å². The van der Waals surface area contributed by atoms with Crippen LogP contribution >= 0.6 is 12.2 Å². The van der Waals surface area contributed by atoms with Crippen molar-refractivity contribution in [1.29, 1.82) is 0 Å². The minimum atomic E-state index is -0.216. The number of carbonyl (C=O) groups is 1. The molecule has 27 heavy (non-hydrogen) atoms. The minimum Gasteiger partial charge on any atom is -0.496 e. The van der Waals surface area contributed by atoms with Gasteiger partial charge in [-0.1, -0.05) is 18.3 Å². The fourth-order valence-corrected chi connectivity index (χ4v) is 2.76. The van der Waals surface area contributed by atoms with Crippen molar-refractivity contribution >= 4 is 34.0 Å². The van der Waals surface area contributed by atoms with E-state index in [0.717, 1.165) is 10.9 Å². The van der Waals surface area contributed by atoms with Crippen molar-refractivity contribution in [2.45, 2.75) is 0 Å². The number of carbonyl (C=O) groups excluding carboxylic acids is 1. The fraction of sp³-hybridized carbons (Fsp3) is 0.158. The number of nitrogens with one attached hydrogen (secondary N) is 3. The normalized spacial score (nSPS) is 10.4. The van der Waals surface area contributed by atoms with E-state index in [4.69, 9.17) is 26.9 Å². The van der Waals surface area contributed by atoms with Crippen LogP contribution in [0.3, 0.4) is 0 Å². The van der Waals surface area contributed by atoms with Crippen molar-refractivity contribution in [2.24, 2.45) is 0 Å². The summed E-state index contributed by atoms with van der Waals surface area (Å²) in [6.07, 6.45) is 0.